The molecule has 0 aromatic carbocycles. The van der Waals surface area contributed by atoms with E-state index in [2.05, 4.69) is 25.3 Å². The predicted molar refractivity (Wildman–Crippen MR) is 53.9 cm³/mol. The lowest BCUT2D eigenvalue weighted by Gasteiger charge is -1.87. The average molecular weight is 164 g/mol. The quantitative estimate of drug-likeness (QED) is 0.595. The number of hydrogen-bond acceptors (Lipinski definition) is 1. The molecule has 0 amide bonds. The van der Waals surface area contributed by atoms with Gasteiger partial charge in [0, 0.05) is 9.41 Å². The summed E-state index contributed by atoms with van der Waals surface area (Å²) in [5.74, 6) is 0. The van der Waals surface area contributed by atoms with Gasteiger partial charge in [0.15, 0.2) is 0 Å². The van der Waals surface area contributed by atoms with Gasteiger partial charge in [0.2, 0.25) is 0 Å². The molecule has 11 heavy (non-hydrogen) atoms. The van der Waals surface area contributed by atoms with Gasteiger partial charge in [0.25, 0.3) is 0 Å². The van der Waals surface area contributed by atoms with E-state index in [0.717, 1.165) is 10.8 Å². The third-order valence-corrected chi connectivity index (χ3v) is 2.93. The molecule has 0 atom stereocenters. The van der Waals surface area contributed by atoms with E-state index < -0.39 is 0 Å². The van der Waals surface area contributed by atoms with Crippen LogP contribution in [-0.2, 0) is 0 Å². The highest BCUT2D eigenvalue weighted by Crippen LogP contribution is 2.10. The highest BCUT2D eigenvalue weighted by Gasteiger charge is 1.95. The molecule has 0 saturated heterocycles. The first kappa shape index (κ1) is 8.28. The fourth-order valence-electron chi connectivity index (χ4n) is 0.897. The molecule has 0 radical (unpaired) electrons. The maximum atomic E-state index is 3.93. The summed E-state index contributed by atoms with van der Waals surface area (Å²) in [6.45, 7) is 11.9. The Morgan fingerprint density at radius 3 is 2.55 bits per heavy atom. The summed E-state index contributed by atoms with van der Waals surface area (Å²) in [4.78, 5) is 1.24. The van der Waals surface area contributed by atoms with Crippen molar-refractivity contribution in [1.82, 2.24) is 0 Å². The second kappa shape index (κ2) is 3.05. The standard InChI is InChI=1S/C10H12S/c1-5-9-8(4)6-10(11-9)7(2)3/h5-6H,2,4H2,1,3H3/b9-5+. The van der Waals surface area contributed by atoms with Gasteiger partial charge >= 0.3 is 0 Å². The van der Waals surface area contributed by atoms with E-state index in [1.165, 1.54) is 9.41 Å². The zero-order valence-corrected chi connectivity index (χ0v) is 7.79. The zero-order valence-electron chi connectivity index (χ0n) is 6.98. The third kappa shape index (κ3) is 1.60. The first-order valence-electron chi connectivity index (χ1n) is 3.56. The molecular formula is C10H12S. The molecule has 0 aliphatic carbocycles. The summed E-state index contributed by atoms with van der Waals surface area (Å²) >= 11 is 1.75. The van der Waals surface area contributed by atoms with Crippen LogP contribution in [0, 0.1) is 0 Å². The molecule has 0 aliphatic heterocycles. The van der Waals surface area contributed by atoms with E-state index in [1.54, 1.807) is 11.3 Å². The molecule has 1 heterocycles. The highest BCUT2D eigenvalue weighted by molar-refractivity contribution is 7.11. The average Bonchev–Trinajstić information content (AvgIpc) is 2.31. The van der Waals surface area contributed by atoms with Crippen LogP contribution in [0.2, 0.25) is 0 Å². The van der Waals surface area contributed by atoms with E-state index in [1.807, 2.05) is 13.8 Å². The Morgan fingerprint density at radius 1 is 1.64 bits per heavy atom. The number of rotatable bonds is 1. The molecular weight excluding hydrogens is 152 g/mol. The van der Waals surface area contributed by atoms with Gasteiger partial charge < -0.3 is 0 Å². The van der Waals surface area contributed by atoms with E-state index in [-0.39, 0.29) is 0 Å². The minimum atomic E-state index is 1.11. The van der Waals surface area contributed by atoms with Crippen molar-refractivity contribution in [2.24, 2.45) is 0 Å². The molecule has 0 fully saturated rings. The first-order chi connectivity index (χ1) is 5.15. The zero-order chi connectivity index (χ0) is 8.43. The van der Waals surface area contributed by atoms with Crippen LogP contribution in [0.5, 0.6) is 0 Å². The molecule has 0 spiro atoms. The fourth-order valence-corrected chi connectivity index (χ4v) is 1.82. The van der Waals surface area contributed by atoms with Gasteiger partial charge in [-0.05, 0) is 30.7 Å². The van der Waals surface area contributed by atoms with Crippen molar-refractivity contribution < 1.29 is 0 Å². The van der Waals surface area contributed by atoms with Crippen molar-refractivity contribution in [1.29, 1.82) is 0 Å². The van der Waals surface area contributed by atoms with E-state index in [9.17, 15) is 0 Å². The molecule has 0 aliphatic rings. The molecule has 0 saturated carbocycles. The topological polar surface area (TPSA) is 0 Å². The Hall–Kier alpha value is -0.820. The molecule has 0 nitrogen and oxygen atoms in total. The molecule has 1 aromatic heterocycles. The highest BCUT2D eigenvalue weighted by atomic mass is 32.1. The Labute approximate surface area is 71.2 Å². The van der Waals surface area contributed by atoms with Crippen molar-refractivity contribution in [3.63, 3.8) is 0 Å². The van der Waals surface area contributed by atoms with Crippen molar-refractivity contribution in [2.75, 3.05) is 0 Å². The molecule has 0 bridgehead atoms. The van der Waals surface area contributed by atoms with Crippen molar-refractivity contribution in [3.05, 3.63) is 27.3 Å². The Kier molecular flexibility index (Phi) is 2.30. The third-order valence-electron chi connectivity index (χ3n) is 1.52. The van der Waals surface area contributed by atoms with E-state index >= 15 is 0 Å². The summed E-state index contributed by atoms with van der Waals surface area (Å²) in [5, 5.41) is 1.11. The molecule has 0 N–H and O–H groups in total. The van der Waals surface area contributed by atoms with Gasteiger partial charge in [0.1, 0.15) is 0 Å². The Morgan fingerprint density at radius 2 is 2.27 bits per heavy atom. The SMILES string of the molecule is C=C(C)c1cc(=C)/c(=C\C)s1. The lowest BCUT2D eigenvalue weighted by atomic mass is 10.3. The summed E-state index contributed by atoms with van der Waals surface area (Å²) < 4.78 is 1.25. The van der Waals surface area contributed by atoms with Gasteiger partial charge in [0.05, 0.1) is 0 Å². The Balaban J connectivity index is 3.39. The maximum Gasteiger partial charge on any atom is 0.0305 e. The van der Waals surface area contributed by atoms with Gasteiger partial charge in [-0.15, -0.1) is 11.3 Å². The van der Waals surface area contributed by atoms with Crippen molar-refractivity contribution in [2.45, 2.75) is 13.8 Å². The van der Waals surface area contributed by atoms with Crippen LogP contribution in [0.4, 0.5) is 0 Å². The molecule has 0 unspecified atom stereocenters. The van der Waals surface area contributed by atoms with Crippen molar-refractivity contribution in [3.8, 4) is 0 Å². The minimum Gasteiger partial charge on any atom is -0.136 e. The molecule has 1 aromatic rings. The molecule has 58 valence electrons. The lowest BCUT2D eigenvalue weighted by molar-refractivity contribution is 1.67. The first-order valence-corrected chi connectivity index (χ1v) is 4.38. The van der Waals surface area contributed by atoms with Crippen LogP contribution < -0.4 is 9.75 Å². The van der Waals surface area contributed by atoms with Crippen LogP contribution in [0.25, 0.3) is 18.2 Å². The van der Waals surface area contributed by atoms with Gasteiger partial charge in [-0.25, -0.2) is 0 Å². The van der Waals surface area contributed by atoms with Gasteiger partial charge in [-0.1, -0.05) is 19.2 Å². The van der Waals surface area contributed by atoms with Gasteiger partial charge in [-0.2, -0.15) is 0 Å². The van der Waals surface area contributed by atoms with Gasteiger partial charge in [-0.3, -0.25) is 0 Å². The summed E-state index contributed by atoms with van der Waals surface area (Å²) in [7, 11) is 0. The second-order valence-corrected chi connectivity index (χ2v) is 3.65. The van der Waals surface area contributed by atoms with E-state index in [4.69, 9.17) is 0 Å². The van der Waals surface area contributed by atoms with Crippen LogP contribution in [0.3, 0.4) is 0 Å². The normalized spacial score (nSPS) is 12.0. The number of thiophene rings is 1. The number of allylic oxidation sites excluding steroid dienone is 1. The molecule has 1 heteroatoms. The predicted octanol–water partition coefficient (Wildman–Crippen LogP) is 1.99. The number of hydrogen-bond donors (Lipinski definition) is 0. The molecule has 1 rings (SSSR count). The minimum absolute atomic E-state index is 1.11. The summed E-state index contributed by atoms with van der Waals surface area (Å²) in [5.41, 5.74) is 1.12. The maximum absolute atomic E-state index is 3.93. The fraction of sp³-hybridized carbons (Fsp3) is 0.200. The van der Waals surface area contributed by atoms with Crippen molar-refractivity contribution >= 4 is 29.6 Å². The second-order valence-electron chi connectivity index (χ2n) is 2.57. The summed E-state index contributed by atoms with van der Waals surface area (Å²) in [6, 6.07) is 2.09. The van der Waals surface area contributed by atoms with E-state index in [0.29, 0.717) is 0 Å². The van der Waals surface area contributed by atoms with Crippen LogP contribution in [-0.4, -0.2) is 0 Å². The van der Waals surface area contributed by atoms with Crippen LogP contribution in [0.1, 0.15) is 18.7 Å². The smallest absolute Gasteiger partial charge is 0.0305 e. The monoisotopic (exact) mass is 164 g/mol. The van der Waals surface area contributed by atoms with Crippen LogP contribution >= 0.6 is 11.3 Å². The Bertz CT molecular complexity index is 368. The largest absolute Gasteiger partial charge is 0.136 e. The summed E-state index contributed by atoms with van der Waals surface area (Å²) in [6.07, 6.45) is 2.08. The lowest BCUT2D eigenvalue weighted by Crippen LogP contribution is -2.13. The van der Waals surface area contributed by atoms with Crippen LogP contribution in [0.15, 0.2) is 12.6 Å².